The van der Waals surface area contributed by atoms with E-state index in [0.29, 0.717) is 20.6 Å². The maximum Gasteiger partial charge on any atom is 0.173 e. The molecule has 0 radical (unpaired) electrons. The normalized spacial score (nSPS) is 11.1. The molecule has 2 aromatic heterocycles. The fourth-order valence-electron chi connectivity index (χ4n) is 2.69. The van der Waals surface area contributed by atoms with Crippen molar-refractivity contribution >= 4 is 73.9 Å². The van der Waals surface area contributed by atoms with Crippen molar-refractivity contribution in [3.05, 3.63) is 74.8 Å². The molecule has 0 saturated carbocycles. The van der Waals surface area contributed by atoms with Crippen LogP contribution in [0, 0.1) is 0 Å². The molecule has 0 N–H and O–H groups in total. The summed E-state index contributed by atoms with van der Waals surface area (Å²) in [6, 6.07) is 12.5. The van der Waals surface area contributed by atoms with Gasteiger partial charge in [0.05, 0.1) is 21.2 Å². The Hall–Kier alpha value is -1.63. The molecule has 0 unspecified atom stereocenters. The minimum atomic E-state index is -0.0430. The lowest BCUT2D eigenvalue weighted by molar-refractivity contribution is 0.102. The summed E-state index contributed by atoms with van der Waals surface area (Å²) >= 11 is 20.9. The number of hydrogen-bond acceptors (Lipinski definition) is 5. The van der Waals surface area contributed by atoms with Crippen LogP contribution >= 0.6 is 57.9 Å². The van der Waals surface area contributed by atoms with Crippen LogP contribution in [-0.4, -0.2) is 21.5 Å². The number of nitrogens with zero attached hydrogens (tertiary/aromatic N) is 2. The number of thioether (sulfide) groups is 1. The summed E-state index contributed by atoms with van der Waals surface area (Å²) in [5.41, 5.74) is 2.58. The highest BCUT2D eigenvalue weighted by Gasteiger charge is 2.16. The van der Waals surface area contributed by atoms with Gasteiger partial charge < -0.3 is 0 Å². The largest absolute Gasteiger partial charge is 0.293 e. The first-order valence-electron chi connectivity index (χ1n) is 8.12. The highest BCUT2D eigenvalue weighted by Crippen LogP contribution is 2.38. The quantitative estimate of drug-likeness (QED) is 0.176. The van der Waals surface area contributed by atoms with Gasteiger partial charge in [0.25, 0.3) is 0 Å². The molecule has 0 saturated heterocycles. The van der Waals surface area contributed by atoms with Crippen LogP contribution in [0.5, 0.6) is 0 Å². The third kappa shape index (κ3) is 4.04. The number of carbonyl (C=O) groups is 1. The smallest absolute Gasteiger partial charge is 0.173 e. The van der Waals surface area contributed by atoms with Crippen molar-refractivity contribution < 1.29 is 4.79 Å². The summed E-state index contributed by atoms with van der Waals surface area (Å²) in [6.07, 6.45) is 1.52. The van der Waals surface area contributed by atoms with Crippen LogP contribution in [0.4, 0.5) is 0 Å². The van der Waals surface area contributed by atoms with E-state index < -0.39 is 0 Å². The molecule has 0 aliphatic heterocycles. The monoisotopic (exact) mass is 464 g/mol. The van der Waals surface area contributed by atoms with Crippen molar-refractivity contribution in [1.82, 2.24) is 9.97 Å². The zero-order valence-corrected chi connectivity index (χ0v) is 18.1. The molecule has 4 aromatic rings. The minimum Gasteiger partial charge on any atom is -0.293 e. The van der Waals surface area contributed by atoms with Gasteiger partial charge in [-0.3, -0.25) is 4.79 Å². The molecule has 0 spiro atoms. The Bertz CT molecular complexity index is 1180. The van der Waals surface area contributed by atoms with Crippen LogP contribution in [0.2, 0.25) is 15.1 Å². The fraction of sp³-hybridized carbons (Fsp3) is 0.0500. The van der Waals surface area contributed by atoms with Crippen LogP contribution < -0.4 is 0 Å². The van der Waals surface area contributed by atoms with Gasteiger partial charge in [-0.1, -0.05) is 58.7 Å². The van der Waals surface area contributed by atoms with Gasteiger partial charge in [-0.2, -0.15) is 0 Å². The maximum absolute atomic E-state index is 12.6. The van der Waals surface area contributed by atoms with Gasteiger partial charge >= 0.3 is 0 Å². The Balaban J connectivity index is 1.63. The summed E-state index contributed by atoms with van der Waals surface area (Å²) in [5, 5.41) is 5.24. The van der Waals surface area contributed by atoms with Crippen molar-refractivity contribution in [1.29, 1.82) is 0 Å². The average molecular weight is 466 g/mol. The number of thiophene rings is 1. The van der Waals surface area contributed by atoms with Crippen molar-refractivity contribution in [3.8, 4) is 11.1 Å². The molecule has 0 aliphatic carbocycles. The Morgan fingerprint density at radius 3 is 2.54 bits per heavy atom. The molecule has 0 atom stereocenters. The van der Waals surface area contributed by atoms with Crippen LogP contribution in [0.3, 0.4) is 0 Å². The Morgan fingerprint density at radius 2 is 1.79 bits per heavy atom. The molecule has 0 amide bonds. The number of ketones is 1. The maximum atomic E-state index is 12.6. The van der Waals surface area contributed by atoms with Gasteiger partial charge in [-0.25, -0.2) is 9.97 Å². The summed E-state index contributed by atoms with van der Waals surface area (Å²) in [4.78, 5) is 22.2. The van der Waals surface area contributed by atoms with Crippen molar-refractivity contribution in [3.63, 3.8) is 0 Å². The molecule has 28 heavy (non-hydrogen) atoms. The topological polar surface area (TPSA) is 42.9 Å². The predicted octanol–water partition coefficient (Wildman–Crippen LogP) is 7.29. The van der Waals surface area contributed by atoms with Crippen LogP contribution in [0.1, 0.15) is 10.4 Å². The molecule has 140 valence electrons. The zero-order chi connectivity index (χ0) is 19.7. The van der Waals surface area contributed by atoms with Crippen molar-refractivity contribution in [2.24, 2.45) is 0 Å². The SMILES string of the molecule is O=C(CSc1ncnc2scc(-c3ccc(Cl)cc3)c12)c1ccc(Cl)c(Cl)c1. The summed E-state index contributed by atoms with van der Waals surface area (Å²) in [5.74, 6) is 0.193. The van der Waals surface area contributed by atoms with Gasteiger partial charge in [0.15, 0.2) is 5.78 Å². The van der Waals surface area contributed by atoms with Crippen molar-refractivity contribution in [2.45, 2.75) is 5.03 Å². The molecule has 4 rings (SSSR count). The van der Waals surface area contributed by atoms with E-state index in [9.17, 15) is 4.79 Å². The van der Waals surface area contributed by atoms with Gasteiger partial charge in [-0.05, 0) is 35.9 Å². The van der Waals surface area contributed by atoms with Gasteiger partial charge in [-0.15, -0.1) is 11.3 Å². The number of fused-ring (bicyclic) bond motifs is 1. The highest BCUT2D eigenvalue weighted by molar-refractivity contribution is 8.00. The van der Waals surface area contributed by atoms with Crippen molar-refractivity contribution in [2.75, 3.05) is 5.75 Å². The molecular formula is C20H11Cl3N2OS2. The second-order valence-corrected chi connectivity index (χ2v) is 8.93. The predicted molar refractivity (Wildman–Crippen MR) is 119 cm³/mol. The van der Waals surface area contributed by atoms with Crippen LogP contribution in [0.25, 0.3) is 21.3 Å². The van der Waals surface area contributed by atoms with E-state index >= 15 is 0 Å². The third-order valence-corrected chi connectivity index (χ3v) is 6.94. The average Bonchev–Trinajstić information content (AvgIpc) is 3.13. The summed E-state index contributed by atoms with van der Waals surface area (Å²) < 4.78 is 0. The lowest BCUT2D eigenvalue weighted by Crippen LogP contribution is -2.02. The van der Waals surface area contributed by atoms with Gasteiger partial charge in [0.1, 0.15) is 16.2 Å². The summed E-state index contributed by atoms with van der Waals surface area (Å²) in [6.45, 7) is 0. The lowest BCUT2D eigenvalue weighted by atomic mass is 10.1. The molecule has 2 aromatic carbocycles. The lowest BCUT2D eigenvalue weighted by Gasteiger charge is -2.06. The molecule has 8 heteroatoms. The van der Waals surface area contributed by atoms with E-state index in [-0.39, 0.29) is 11.5 Å². The molecule has 2 heterocycles. The van der Waals surface area contributed by atoms with E-state index in [2.05, 4.69) is 9.97 Å². The molecule has 0 fully saturated rings. The molecule has 0 bridgehead atoms. The van der Waals surface area contributed by atoms with E-state index in [0.717, 1.165) is 26.4 Å². The van der Waals surface area contributed by atoms with Crippen LogP contribution in [-0.2, 0) is 0 Å². The number of aromatic nitrogens is 2. The standard InChI is InChI=1S/C20H11Cl3N2OS2/c21-13-4-1-11(2-5-13)14-8-27-19-18(14)20(25-10-24-19)28-9-17(26)12-3-6-15(22)16(23)7-12/h1-8,10H,9H2. The first-order valence-corrected chi connectivity index (χ1v) is 11.1. The van der Waals surface area contributed by atoms with Gasteiger partial charge in [0, 0.05) is 21.5 Å². The number of benzene rings is 2. The molecule has 3 nitrogen and oxygen atoms in total. The Morgan fingerprint density at radius 1 is 1.00 bits per heavy atom. The Labute approximate surface area is 184 Å². The number of Topliss-reactive ketones (excluding diaryl/α,β-unsaturated/α-hetero) is 1. The molecule has 0 aliphatic rings. The van der Waals surface area contributed by atoms with Gasteiger partial charge in [0.2, 0.25) is 0 Å². The second-order valence-electron chi connectivity index (χ2n) is 5.86. The van der Waals surface area contributed by atoms with E-state index in [1.807, 2.05) is 29.6 Å². The highest BCUT2D eigenvalue weighted by atomic mass is 35.5. The second kappa shape index (κ2) is 8.39. The van der Waals surface area contributed by atoms with E-state index in [1.54, 1.807) is 29.5 Å². The Kier molecular flexibility index (Phi) is 5.90. The van der Waals surface area contributed by atoms with E-state index in [1.165, 1.54) is 18.1 Å². The number of hydrogen-bond donors (Lipinski definition) is 0. The third-order valence-electron chi connectivity index (χ3n) is 4.07. The van der Waals surface area contributed by atoms with E-state index in [4.69, 9.17) is 34.8 Å². The first kappa shape index (κ1) is 19.7. The summed E-state index contributed by atoms with van der Waals surface area (Å²) in [7, 11) is 0. The minimum absolute atomic E-state index is 0.0430. The number of halogens is 3. The van der Waals surface area contributed by atoms with Crippen LogP contribution in [0.15, 0.2) is 59.2 Å². The fourth-order valence-corrected chi connectivity index (χ4v) is 5.00. The molecular weight excluding hydrogens is 455 g/mol. The zero-order valence-electron chi connectivity index (χ0n) is 14.2. The first-order chi connectivity index (χ1) is 13.5. The number of carbonyl (C=O) groups excluding carboxylic acids is 1. The number of rotatable bonds is 5.